The Morgan fingerprint density at radius 1 is 1.39 bits per heavy atom. The van der Waals surface area contributed by atoms with E-state index < -0.39 is 0 Å². The number of likely N-dealkylation sites (tertiary alicyclic amines) is 1. The van der Waals surface area contributed by atoms with Gasteiger partial charge in [0.1, 0.15) is 0 Å². The molecular formula is C15H25N3. The van der Waals surface area contributed by atoms with E-state index in [9.17, 15) is 0 Å². The zero-order valence-electron chi connectivity index (χ0n) is 11.8. The van der Waals surface area contributed by atoms with Crippen molar-refractivity contribution in [1.82, 2.24) is 15.2 Å². The summed E-state index contributed by atoms with van der Waals surface area (Å²) in [6.45, 7) is 10.1. The SMILES string of the molecule is Cc1ccncc1CNC1CCN(C(C)C)CC1. The van der Waals surface area contributed by atoms with Crippen molar-refractivity contribution in [3.05, 3.63) is 29.6 Å². The van der Waals surface area contributed by atoms with Crippen molar-refractivity contribution in [1.29, 1.82) is 0 Å². The van der Waals surface area contributed by atoms with Crippen LogP contribution in [0.3, 0.4) is 0 Å². The summed E-state index contributed by atoms with van der Waals surface area (Å²) < 4.78 is 0. The molecule has 1 aromatic rings. The lowest BCUT2D eigenvalue weighted by molar-refractivity contribution is 0.161. The molecule has 1 N–H and O–H groups in total. The summed E-state index contributed by atoms with van der Waals surface area (Å²) in [6, 6.07) is 3.43. The Hall–Kier alpha value is -0.930. The van der Waals surface area contributed by atoms with Crippen LogP contribution in [-0.2, 0) is 6.54 Å². The summed E-state index contributed by atoms with van der Waals surface area (Å²) in [5, 5.41) is 3.67. The fourth-order valence-electron chi connectivity index (χ4n) is 2.56. The van der Waals surface area contributed by atoms with Crippen molar-refractivity contribution in [2.24, 2.45) is 0 Å². The van der Waals surface area contributed by atoms with Crippen molar-refractivity contribution in [3.8, 4) is 0 Å². The van der Waals surface area contributed by atoms with Crippen molar-refractivity contribution in [2.45, 2.75) is 52.2 Å². The van der Waals surface area contributed by atoms with Gasteiger partial charge in [0.15, 0.2) is 0 Å². The Labute approximate surface area is 111 Å². The van der Waals surface area contributed by atoms with Gasteiger partial charge in [0.25, 0.3) is 0 Å². The van der Waals surface area contributed by atoms with Gasteiger partial charge in [-0.3, -0.25) is 4.98 Å². The summed E-state index contributed by atoms with van der Waals surface area (Å²) in [4.78, 5) is 6.76. The number of aryl methyl sites for hydroxylation is 1. The van der Waals surface area contributed by atoms with Gasteiger partial charge in [-0.2, -0.15) is 0 Å². The molecule has 0 amide bonds. The van der Waals surface area contributed by atoms with Crippen LogP contribution in [0.1, 0.15) is 37.8 Å². The lowest BCUT2D eigenvalue weighted by Crippen LogP contribution is -2.44. The average Bonchev–Trinajstić information content (AvgIpc) is 2.38. The second-order valence-corrected chi connectivity index (χ2v) is 5.59. The molecular weight excluding hydrogens is 222 g/mol. The van der Waals surface area contributed by atoms with Gasteiger partial charge in [0, 0.05) is 31.0 Å². The van der Waals surface area contributed by atoms with E-state index in [-0.39, 0.29) is 0 Å². The second kappa shape index (κ2) is 6.30. The van der Waals surface area contributed by atoms with E-state index in [1.54, 1.807) is 0 Å². The monoisotopic (exact) mass is 247 g/mol. The molecule has 0 radical (unpaired) electrons. The van der Waals surface area contributed by atoms with E-state index >= 15 is 0 Å². The highest BCUT2D eigenvalue weighted by Crippen LogP contribution is 2.14. The largest absolute Gasteiger partial charge is 0.310 e. The minimum Gasteiger partial charge on any atom is -0.310 e. The van der Waals surface area contributed by atoms with E-state index in [1.807, 2.05) is 12.4 Å². The molecule has 1 aliphatic heterocycles. The maximum absolute atomic E-state index is 4.20. The van der Waals surface area contributed by atoms with Gasteiger partial charge in [-0.1, -0.05) is 0 Å². The fourth-order valence-corrected chi connectivity index (χ4v) is 2.56. The molecule has 0 spiro atoms. The Morgan fingerprint density at radius 2 is 2.11 bits per heavy atom. The van der Waals surface area contributed by atoms with Gasteiger partial charge in [0.2, 0.25) is 0 Å². The molecule has 1 aromatic heterocycles. The maximum atomic E-state index is 4.20. The molecule has 1 aliphatic rings. The van der Waals surface area contributed by atoms with Crippen LogP contribution in [0.4, 0.5) is 0 Å². The fraction of sp³-hybridized carbons (Fsp3) is 0.667. The highest BCUT2D eigenvalue weighted by Gasteiger charge is 2.20. The summed E-state index contributed by atoms with van der Waals surface area (Å²) in [6.07, 6.45) is 6.36. The van der Waals surface area contributed by atoms with Gasteiger partial charge in [0.05, 0.1) is 0 Å². The molecule has 18 heavy (non-hydrogen) atoms. The number of piperidine rings is 1. The molecule has 2 heterocycles. The van der Waals surface area contributed by atoms with Crippen molar-refractivity contribution >= 4 is 0 Å². The molecule has 1 fully saturated rings. The quantitative estimate of drug-likeness (QED) is 0.885. The van der Waals surface area contributed by atoms with Crippen molar-refractivity contribution in [3.63, 3.8) is 0 Å². The van der Waals surface area contributed by atoms with Gasteiger partial charge in [-0.25, -0.2) is 0 Å². The highest BCUT2D eigenvalue weighted by atomic mass is 15.2. The molecule has 0 atom stereocenters. The first-order valence-corrected chi connectivity index (χ1v) is 7.03. The first kappa shape index (κ1) is 13.5. The molecule has 0 bridgehead atoms. The minimum absolute atomic E-state index is 0.666. The molecule has 100 valence electrons. The smallest absolute Gasteiger partial charge is 0.0315 e. The lowest BCUT2D eigenvalue weighted by Gasteiger charge is -2.35. The van der Waals surface area contributed by atoms with E-state index in [0.717, 1.165) is 6.54 Å². The van der Waals surface area contributed by atoms with Gasteiger partial charge in [-0.05, 0) is 63.9 Å². The van der Waals surface area contributed by atoms with Crippen LogP contribution >= 0.6 is 0 Å². The molecule has 0 aromatic carbocycles. The number of hydrogen-bond donors (Lipinski definition) is 1. The summed E-state index contributed by atoms with van der Waals surface area (Å²) in [5.41, 5.74) is 2.65. The average molecular weight is 247 g/mol. The number of nitrogens with zero attached hydrogens (tertiary/aromatic N) is 2. The zero-order chi connectivity index (χ0) is 13.0. The molecule has 0 aliphatic carbocycles. The van der Waals surface area contributed by atoms with Crippen LogP contribution < -0.4 is 5.32 Å². The number of aromatic nitrogens is 1. The molecule has 1 saturated heterocycles. The second-order valence-electron chi connectivity index (χ2n) is 5.59. The standard InChI is InChI=1S/C15H25N3/c1-12(2)18-8-5-15(6-9-18)17-11-14-10-16-7-4-13(14)3/h4,7,10,12,15,17H,5-6,8-9,11H2,1-3H3. The van der Waals surface area contributed by atoms with Crippen molar-refractivity contribution in [2.75, 3.05) is 13.1 Å². The first-order chi connectivity index (χ1) is 8.66. The first-order valence-electron chi connectivity index (χ1n) is 7.03. The molecule has 0 unspecified atom stereocenters. The van der Waals surface area contributed by atoms with E-state index in [2.05, 4.69) is 42.0 Å². The van der Waals surface area contributed by atoms with E-state index in [4.69, 9.17) is 0 Å². The predicted molar refractivity (Wildman–Crippen MR) is 75.5 cm³/mol. The van der Waals surface area contributed by atoms with Crippen molar-refractivity contribution < 1.29 is 0 Å². The molecule has 0 saturated carbocycles. The van der Waals surface area contributed by atoms with Gasteiger partial charge in [-0.15, -0.1) is 0 Å². The van der Waals surface area contributed by atoms with Crippen LogP contribution in [-0.4, -0.2) is 35.1 Å². The predicted octanol–water partition coefficient (Wildman–Crippen LogP) is 2.35. The third kappa shape index (κ3) is 3.53. The number of pyridine rings is 1. The number of rotatable bonds is 4. The third-order valence-electron chi connectivity index (χ3n) is 3.99. The van der Waals surface area contributed by atoms with Crippen LogP contribution in [0.5, 0.6) is 0 Å². The van der Waals surface area contributed by atoms with Crippen LogP contribution in [0.25, 0.3) is 0 Å². The lowest BCUT2D eigenvalue weighted by atomic mass is 10.0. The zero-order valence-corrected chi connectivity index (χ0v) is 11.8. The van der Waals surface area contributed by atoms with Gasteiger partial charge >= 0.3 is 0 Å². The Bertz CT molecular complexity index is 368. The summed E-state index contributed by atoms with van der Waals surface area (Å²) >= 11 is 0. The third-order valence-corrected chi connectivity index (χ3v) is 3.99. The van der Waals surface area contributed by atoms with E-state index in [0.29, 0.717) is 12.1 Å². The van der Waals surface area contributed by atoms with Crippen LogP contribution in [0, 0.1) is 6.92 Å². The molecule has 3 heteroatoms. The highest BCUT2D eigenvalue weighted by molar-refractivity contribution is 5.21. The normalized spacial score (nSPS) is 18.4. The summed E-state index contributed by atoms with van der Waals surface area (Å²) in [5.74, 6) is 0. The summed E-state index contributed by atoms with van der Waals surface area (Å²) in [7, 11) is 0. The Morgan fingerprint density at radius 3 is 2.72 bits per heavy atom. The molecule has 2 rings (SSSR count). The topological polar surface area (TPSA) is 28.2 Å². The maximum Gasteiger partial charge on any atom is 0.0315 e. The van der Waals surface area contributed by atoms with Crippen LogP contribution in [0.15, 0.2) is 18.5 Å². The Balaban J connectivity index is 1.77. The van der Waals surface area contributed by atoms with E-state index in [1.165, 1.54) is 37.1 Å². The Kier molecular flexibility index (Phi) is 4.72. The molecule has 3 nitrogen and oxygen atoms in total. The van der Waals surface area contributed by atoms with Gasteiger partial charge < -0.3 is 10.2 Å². The number of hydrogen-bond acceptors (Lipinski definition) is 3. The van der Waals surface area contributed by atoms with Crippen LogP contribution in [0.2, 0.25) is 0 Å². The minimum atomic E-state index is 0.666. The number of nitrogens with one attached hydrogen (secondary N) is 1.